The molecule has 0 bridgehead atoms. The van der Waals surface area contributed by atoms with Crippen LogP contribution in [0.1, 0.15) is 22.4 Å². The van der Waals surface area contributed by atoms with Crippen molar-refractivity contribution in [2.24, 2.45) is 0 Å². The Morgan fingerprint density at radius 3 is 1.25 bits per heavy atom. The van der Waals surface area contributed by atoms with Crippen LogP contribution >= 0.6 is 0 Å². The van der Waals surface area contributed by atoms with Crippen LogP contribution in [-0.2, 0) is 0 Å². The molecule has 6 heteroatoms. The molecule has 348 valence electrons. The highest BCUT2D eigenvalue weighted by Crippen LogP contribution is 2.45. The molecule has 0 saturated carbocycles. The van der Waals surface area contributed by atoms with E-state index in [0.29, 0.717) is 0 Å². The Balaban J connectivity index is 1.00. The molecule has 0 atom stereocenters. The first kappa shape index (κ1) is 43.6. The third-order valence-electron chi connectivity index (χ3n) is 14.3. The molecule has 13 rings (SSSR count). The van der Waals surface area contributed by atoms with Crippen molar-refractivity contribution < 1.29 is 8.83 Å². The number of anilines is 3. The third kappa shape index (κ3) is 7.90. The summed E-state index contributed by atoms with van der Waals surface area (Å²) in [7, 11) is 0. The maximum absolute atomic E-state index is 6.37. The van der Waals surface area contributed by atoms with Gasteiger partial charge in [-0.05, 0) is 180 Å². The van der Waals surface area contributed by atoms with Gasteiger partial charge in [0.25, 0.3) is 0 Å². The van der Waals surface area contributed by atoms with Gasteiger partial charge >= 0.3 is 0 Å². The number of hydrogen-bond donors (Lipinski definition) is 0. The van der Waals surface area contributed by atoms with Gasteiger partial charge in [0, 0.05) is 62.6 Å². The minimum absolute atomic E-state index is 0.861. The number of nitrogens with zero attached hydrogens (tertiary/aromatic N) is 4. The molecule has 0 amide bonds. The number of fused-ring (bicyclic) bond motifs is 6. The summed E-state index contributed by atoms with van der Waals surface area (Å²) in [6, 6.07) is 70.9. The number of rotatable bonds is 9. The summed E-state index contributed by atoms with van der Waals surface area (Å²) in [5.74, 6) is 0. The molecule has 73 heavy (non-hydrogen) atoms. The van der Waals surface area contributed by atoms with Crippen molar-refractivity contribution in [3.63, 3.8) is 0 Å². The fraction of sp³-hybridized carbons (Fsp3) is 0.0597. The lowest BCUT2D eigenvalue weighted by atomic mass is 9.95. The molecule has 0 aliphatic carbocycles. The molecular formula is C67H48N4O2. The summed E-state index contributed by atoms with van der Waals surface area (Å²) in [4.78, 5) is 17.6. The van der Waals surface area contributed by atoms with Gasteiger partial charge in [0.1, 0.15) is 22.3 Å². The van der Waals surface area contributed by atoms with Crippen LogP contribution in [0.4, 0.5) is 17.1 Å². The Morgan fingerprint density at radius 2 is 0.767 bits per heavy atom. The van der Waals surface area contributed by atoms with Crippen LogP contribution in [0.3, 0.4) is 0 Å². The molecule has 6 nitrogen and oxygen atoms in total. The molecule has 0 fully saturated rings. The van der Waals surface area contributed by atoms with Crippen molar-refractivity contribution in [2.45, 2.75) is 27.7 Å². The standard InChI is InChI=1S/C67H48N4O2/c1-41-27-28-68-44(4)67(41)71(53-31-49(45-15-7-5-8-16-45)29-51(33-53)61-37-59(42(2)39-69-61)47-23-25-57-55-19-11-13-21-63(55)72-65(57)35-47)54-32-50(46-17-9-6-10-18-46)30-52(34-54)62-38-60(43(3)40-70-62)48-24-26-58-56-20-12-14-22-64(56)73-66(58)36-48/h5-40H,1-4H3. The summed E-state index contributed by atoms with van der Waals surface area (Å²) in [5, 5.41) is 4.44. The number of aryl methyl sites for hydroxylation is 4. The van der Waals surface area contributed by atoms with Crippen LogP contribution in [0, 0.1) is 27.7 Å². The SMILES string of the molecule is Cc1cnc(-c2cc(-c3ccccc3)cc(N(c3cc(-c4ccccc4)cc(-c4cc(-c5ccc6c(c5)oc5ccccc56)c(C)cn4)c3)c3c(C)ccnc3C)c2)cc1-c1ccc2c(c1)oc1ccccc12. The third-order valence-corrected chi connectivity index (χ3v) is 14.3. The average molecular weight is 941 g/mol. The summed E-state index contributed by atoms with van der Waals surface area (Å²) in [6.07, 6.45) is 5.87. The quantitative estimate of drug-likeness (QED) is 0.144. The fourth-order valence-corrected chi connectivity index (χ4v) is 10.6. The topological polar surface area (TPSA) is 68.2 Å². The van der Waals surface area contributed by atoms with Crippen molar-refractivity contribution >= 4 is 60.9 Å². The van der Waals surface area contributed by atoms with E-state index >= 15 is 0 Å². The second-order valence-electron chi connectivity index (χ2n) is 19.1. The second kappa shape index (κ2) is 17.8. The van der Waals surface area contributed by atoms with E-state index in [0.717, 1.165) is 150 Å². The van der Waals surface area contributed by atoms with Crippen LogP contribution in [-0.4, -0.2) is 15.0 Å². The van der Waals surface area contributed by atoms with Gasteiger partial charge < -0.3 is 13.7 Å². The Morgan fingerprint density at radius 1 is 0.329 bits per heavy atom. The summed E-state index contributed by atoms with van der Waals surface area (Å²) < 4.78 is 12.7. The summed E-state index contributed by atoms with van der Waals surface area (Å²) in [5.41, 5.74) is 23.0. The zero-order chi connectivity index (χ0) is 49.2. The van der Waals surface area contributed by atoms with Gasteiger partial charge in [0.15, 0.2) is 0 Å². The summed E-state index contributed by atoms with van der Waals surface area (Å²) in [6.45, 7) is 8.51. The van der Waals surface area contributed by atoms with E-state index in [9.17, 15) is 0 Å². The van der Waals surface area contributed by atoms with Gasteiger partial charge in [-0.3, -0.25) is 15.0 Å². The molecule has 0 aliphatic heterocycles. The first-order valence-electron chi connectivity index (χ1n) is 24.7. The number of furan rings is 2. The lowest BCUT2D eigenvalue weighted by Crippen LogP contribution is -2.14. The molecule has 0 aliphatic rings. The van der Waals surface area contributed by atoms with Gasteiger partial charge in [-0.25, -0.2) is 0 Å². The predicted molar refractivity (Wildman–Crippen MR) is 301 cm³/mol. The molecule has 5 aromatic heterocycles. The highest BCUT2D eigenvalue weighted by Gasteiger charge is 2.23. The lowest BCUT2D eigenvalue weighted by molar-refractivity contribution is 0.668. The van der Waals surface area contributed by atoms with Crippen LogP contribution in [0.25, 0.3) is 111 Å². The summed E-state index contributed by atoms with van der Waals surface area (Å²) >= 11 is 0. The normalized spacial score (nSPS) is 11.6. The van der Waals surface area contributed by atoms with Gasteiger partial charge in [-0.15, -0.1) is 0 Å². The van der Waals surface area contributed by atoms with E-state index in [1.165, 1.54) is 0 Å². The van der Waals surface area contributed by atoms with E-state index in [4.69, 9.17) is 23.8 Å². The lowest BCUT2D eigenvalue weighted by Gasteiger charge is -2.30. The van der Waals surface area contributed by atoms with Gasteiger partial charge in [0.2, 0.25) is 0 Å². The zero-order valence-electron chi connectivity index (χ0n) is 40.9. The van der Waals surface area contributed by atoms with Crippen molar-refractivity contribution in [3.05, 3.63) is 241 Å². The van der Waals surface area contributed by atoms with Gasteiger partial charge in [0.05, 0.1) is 22.8 Å². The van der Waals surface area contributed by atoms with E-state index in [1.807, 2.05) is 42.9 Å². The predicted octanol–water partition coefficient (Wildman–Crippen LogP) is 18.4. The average Bonchev–Trinajstić information content (AvgIpc) is 4.00. The smallest absolute Gasteiger partial charge is 0.136 e. The minimum atomic E-state index is 0.861. The largest absolute Gasteiger partial charge is 0.456 e. The molecule has 0 saturated heterocycles. The van der Waals surface area contributed by atoms with Crippen molar-refractivity contribution in [1.82, 2.24) is 15.0 Å². The zero-order valence-corrected chi connectivity index (χ0v) is 40.9. The molecule has 0 spiro atoms. The molecule has 8 aromatic carbocycles. The number of aromatic nitrogens is 3. The number of para-hydroxylation sites is 2. The van der Waals surface area contributed by atoms with Crippen LogP contribution < -0.4 is 4.90 Å². The van der Waals surface area contributed by atoms with E-state index in [1.54, 1.807) is 0 Å². The molecule has 0 radical (unpaired) electrons. The number of hydrogen-bond acceptors (Lipinski definition) is 6. The highest BCUT2D eigenvalue weighted by atomic mass is 16.3. The second-order valence-corrected chi connectivity index (χ2v) is 19.1. The maximum atomic E-state index is 6.37. The Bertz CT molecular complexity index is 4000. The molecule has 0 N–H and O–H groups in total. The first-order chi connectivity index (χ1) is 35.8. The Labute approximate surface area is 423 Å². The maximum Gasteiger partial charge on any atom is 0.136 e. The Kier molecular flexibility index (Phi) is 10.6. The first-order valence-corrected chi connectivity index (χ1v) is 24.7. The monoisotopic (exact) mass is 940 g/mol. The van der Waals surface area contributed by atoms with E-state index < -0.39 is 0 Å². The van der Waals surface area contributed by atoms with E-state index in [-0.39, 0.29) is 0 Å². The van der Waals surface area contributed by atoms with Gasteiger partial charge in [-0.1, -0.05) is 109 Å². The van der Waals surface area contributed by atoms with Crippen molar-refractivity contribution in [3.8, 4) is 67.0 Å². The fourth-order valence-electron chi connectivity index (χ4n) is 10.6. The van der Waals surface area contributed by atoms with Gasteiger partial charge in [-0.2, -0.15) is 0 Å². The highest BCUT2D eigenvalue weighted by molar-refractivity contribution is 6.07. The number of benzene rings is 8. The Hall–Kier alpha value is -9.39. The molecule has 5 heterocycles. The van der Waals surface area contributed by atoms with Crippen LogP contribution in [0.2, 0.25) is 0 Å². The molecule has 0 unspecified atom stereocenters. The van der Waals surface area contributed by atoms with Crippen molar-refractivity contribution in [2.75, 3.05) is 4.90 Å². The number of pyridine rings is 3. The van der Waals surface area contributed by atoms with Crippen molar-refractivity contribution in [1.29, 1.82) is 0 Å². The van der Waals surface area contributed by atoms with Crippen LogP contribution in [0.15, 0.2) is 228 Å². The molecular weight excluding hydrogens is 893 g/mol. The minimum Gasteiger partial charge on any atom is -0.456 e. The molecule has 13 aromatic rings. The van der Waals surface area contributed by atoms with Crippen LogP contribution in [0.5, 0.6) is 0 Å². The van der Waals surface area contributed by atoms with E-state index in [2.05, 4.69) is 209 Å².